The van der Waals surface area contributed by atoms with Crippen molar-refractivity contribution < 1.29 is 0 Å². The van der Waals surface area contributed by atoms with Crippen molar-refractivity contribution in [2.45, 2.75) is 18.4 Å². The number of hydrogen-bond donors (Lipinski definition) is 0. The van der Waals surface area contributed by atoms with Gasteiger partial charge in [-0.05, 0) is 35.7 Å². The van der Waals surface area contributed by atoms with Crippen LogP contribution in [0.5, 0.6) is 0 Å². The van der Waals surface area contributed by atoms with Gasteiger partial charge in [0.25, 0.3) is 0 Å². The van der Waals surface area contributed by atoms with E-state index < -0.39 is 0 Å². The summed E-state index contributed by atoms with van der Waals surface area (Å²) in [6.45, 7) is 0. The van der Waals surface area contributed by atoms with E-state index in [0.717, 1.165) is 17.8 Å². The summed E-state index contributed by atoms with van der Waals surface area (Å²) in [4.78, 5) is 7.68. The molecular weight excluding hydrogens is 376 g/mol. The number of benzene rings is 4. The lowest BCUT2D eigenvalue weighted by molar-refractivity contribution is 0.579. The number of likely N-dealkylation sites (N-methyl/N-ethyl adjacent to an activating group) is 1. The average molecular weight is 403 g/mol. The molecule has 0 aromatic heterocycles. The monoisotopic (exact) mass is 402 g/mol. The van der Waals surface area contributed by atoms with Gasteiger partial charge in [-0.25, -0.2) is 0 Å². The number of anilines is 1. The first-order valence-electron chi connectivity index (χ1n) is 10.9. The van der Waals surface area contributed by atoms with Crippen LogP contribution in [-0.2, 0) is 6.42 Å². The van der Waals surface area contributed by atoms with Crippen LogP contribution in [-0.4, -0.2) is 18.8 Å². The number of para-hydroxylation sites is 2. The van der Waals surface area contributed by atoms with E-state index >= 15 is 0 Å². The largest absolute Gasteiger partial charge is 0.370 e. The Morgan fingerprint density at radius 3 is 1.97 bits per heavy atom. The van der Waals surface area contributed by atoms with Crippen molar-refractivity contribution in [1.29, 1.82) is 0 Å². The van der Waals surface area contributed by atoms with Crippen LogP contribution in [0.15, 0.2) is 120 Å². The third-order valence-corrected chi connectivity index (χ3v) is 6.19. The van der Waals surface area contributed by atoms with Crippen molar-refractivity contribution in [3.8, 4) is 0 Å². The van der Waals surface area contributed by atoms with Gasteiger partial charge in [-0.3, -0.25) is 4.99 Å². The number of rotatable bonds is 4. The molecule has 0 spiro atoms. The molecule has 152 valence electrons. The van der Waals surface area contributed by atoms with Crippen LogP contribution in [0.3, 0.4) is 0 Å². The molecule has 2 nitrogen and oxygen atoms in total. The molecule has 4 aromatic carbocycles. The lowest BCUT2D eigenvalue weighted by atomic mass is 9.77. The van der Waals surface area contributed by atoms with Crippen molar-refractivity contribution in [2.24, 2.45) is 4.99 Å². The minimum Gasteiger partial charge on any atom is -0.370 e. The van der Waals surface area contributed by atoms with Gasteiger partial charge in [-0.15, -0.1) is 0 Å². The predicted octanol–water partition coefficient (Wildman–Crippen LogP) is 6.65. The fourth-order valence-corrected chi connectivity index (χ4v) is 4.67. The van der Waals surface area contributed by atoms with Crippen molar-refractivity contribution in [3.63, 3.8) is 0 Å². The van der Waals surface area contributed by atoms with E-state index in [1.54, 1.807) is 0 Å². The van der Waals surface area contributed by atoms with Crippen LogP contribution in [0.4, 0.5) is 11.4 Å². The Labute approximate surface area is 184 Å². The van der Waals surface area contributed by atoms with Crippen LogP contribution in [0.2, 0.25) is 0 Å². The number of fused-ring (bicyclic) bond motifs is 1. The summed E-state index contributed by atoms with van der Waals surface area (Å²) in [5.74, 6) is 0.168. The molecule has 0 unspecified atom stereocenters. The van der Waals surface area contributed by atoms with Gasteiger partial charge in [0.15, 0.2) is 0 Å². The minimum absolute atomic E-state index is 0.168. The molecule has 2 atom stereocenters. The van der Waals surface area contributed by atoms with Gasteiger partial charge >= 0.3 is 0 Å². The standard InChI is InChI=1S/C29H26N2/c1-31-26-20-12-11-19-25(26)29(30-24-17-9-4-10-18-24)28(23-15-7-3-8-16-23)27(31)21-22-13-5-2-6-14-22/h2-20,27-28H,21H2,1H3/t27-,28-/m0/s1. The van der Waals surface area contributed by atoms with Gasteiger partial charge in [0, 0.05) is 30.3 Å². The van der Waals surface area contributed by atoms with Crippen LogP contribution in [0, 0.1) is 0 Å². The second kappa shape index (κ2) is 8.61. The highest BCUT2D eigenvalue weighted by Gasteiger charge is 2.38. The Morgan fingerprint density at radius 2 is 1.26 bits per heavy atom. The normalized spacial score (nSPS) is 19.3. The molecule has 0 N–H and O–H groups in total. The molecule has 0 fully saturated rings. The highest BCUT2D eigenvalue weighted by Crippen LogP contribution is 2.40. The van der Waals surface area contributed by atoms with Crippen molar-refractivity contribution in [3.05, 3.63) is 132 Å². The molecule has 4 aromatic rings. The van der Waals surface area contributed by atoms with Gasteiger partial charge in [0.1, 0.15) is 0 Å². The highest BCUT2D eigenvalue weighted by molar-refractivity contribution is 6.12. The first-order valence-corrected chi connectivity index (χ1v) is 10.9. The maximum atomic E-state index is 5.23. The zero-order chi connectivity index (χ0) is 21.0. The fraction of sp³-hybridized carbons (Fsp3) is 0.138. The summed E-state index contributed by atoms with van der Waals surface area (Å²) in [5.41, 5.74) is 7.25. The summed E-state index contributed by atoms with van der Waals surface area (Å²) in [6, 6.07) is 40.9. The Balaban J connectivity index is 1.71. The van der Waals surface area contributed by atoms with Gasteiger partial charge in [-0.2, -0.15) is 0 Å². The summed E-state index contributed by atoms with van der Waals surface area (Å²) in [7, 11) is 2.22. The highest BCUT2D eigenvalue weighted by atomic mass is 15.2. The van der Waals surface area contributed by atoms with E-state index in [1.807, 2.05) is 6.07 Å². The smallest absolute Gasteiger partial charge is 0.0633 e. The molecule has 1 aliphatic heterocycles. The van der Waals surface area contributed by atoms with Gasteiger partial charge in [-0.1, -0.05) is 97.1 Å². The van der Waals surface area contributed by atoms with Gasteiger partial charge in [0.05, 0.1) is 11.4 Å². The molecule has 1 heterocycles. The van der Waals surface area contributed by atoms with Crippen LogP contribution < -0.4 is 4.90 Å². The van der Waals surface area contributed by atoms with E-state index in [1.165, 1.54) is 22.4 Å². The van der Waals surface area contributed by atoms with Gasteiger partial charge in [0.2, 0.25) is 0 Å². The van der Waals surface area contributed by atoms with Crippen molar-refractivity contribution in [2.75, 3.05) is 11.9 Å². The molecule has 0 saturated heterocycles. The second-order valence-electron chi connectivity index (χ2n) is 8.11. The summed E-state index contributed by atoms with van der Waals surface area (Å²) in [5, 5.41) is 0. The SMILES string of the molecule is CN1c2ccccc2C(=Nc2ccccc2)[C@@H](c2ccccc2)[C@@H]1Cc1ccccc1. The third-order valence-electron chi connectivity index (χ3n) is 6.19. The third kappa shape index (κ3) is 3.89. The zero-order valence-electron chi connectivity index (χ0n) is 17.7. The fourth-order valence-electron chi connectivity index (χ4n) is 4.67. The molecule has 1 aliphatic rings. The maximum absolute atomic E-state index is 5.23. The Kier molecular flexibility index (Phi) is 5.37. The van der Waals surface area contributed by atoms with Crippen LogP contribution in [0.25, 0.3) is 0 Å². The van der Waals surface area contributed by atoms with Gasteiger partial charge < -0.3 is 4.90 Å². The Bertz CT molecular complexity index is 1170. The quantitative estimate of drug-likeness (QED) is 0.373. The Morgan fingerprint density at radius 1 is 0.677 bits per heavy atom. The molecule has 5 rings (SSSR count). The number of hydrogen-bond acceptors (Lipinski definition) is 2. The lowest BCUT2D eigenvalue weighted by Gasteiger charge is -2.43. The first kappa shape index (κ1) is 19.3. The average Bonchev–Trinajstić information content (AvgIpc) is 2.84. The molecule has 0 bridgehead atoms. The number of nitrogens with zero attached hydrogens (tertiary/aromatic N) is 2. The maximum Gasteiger partial charge on any atom is 0.0633 e. The molecule has 0 amide bonds. The minimum atomic E-state index is 0.168. The van der Waals surface area contributed by atoms with E-state index in [0.29, 0.717) is 0 Å². The molecule has 0 saturated carbocycles. The summed E-state index contributed by atoms with van der Waals surface area (Å²) < 4.78 is 0. The topological polar surface area (TPSA) is 15.6 Å². The molecule has 0 radical (unpaired) electrons. The van der Waals surface area contributed by atoms with E-state index in [2.05, 4.69) is 121 Å². The summed E-state index contributed by atoms with van der Waals surface area (Å²) >= 11 is 0. The summed E-state index contributed by atoms with van der Waals surface area (Å²) in [6.07, 6.45) is 0.957. The van der Waals surface area contributed by atoms with Crippen LogP contribution in [0.1, 0.15) is 22.6 Å². The van der Waals surface area contributed by atoms with E-state index in [4.69, 9.17) is 4.99 Å². The van der Waals surface area contributed by atoms with E-state index in [-0.39, 0.29) is 12.0 Å². The molecular formula is C29H26N2. The predicted molar refractivity (Wildman–Crippen MR) is 131 cm³/mol. The van der Waals surface area contributed by atoms with Crippen LogP contribution >= 0.6 is 0 Å². The molecule has 31 heavy (non-hydrogen) atoms. The zero-order valence-corrected chi connectivity index (χ0v) is 17.7. The lowest BCUT2D eigenvalue weighted by Crippen LogP contribution is -2.46. The first-order chi connectivity index (χ1) is 15.3. The second-order valence-corrected chi connectivity index (χ2v) is 8.11. The van der Waals surface area contributed by atoms with Crippen molar-refractivity contribution >= 4 is 17.1 Å². The molecule has 0 aliphatic carbocycles. The van der Waals surface area contributed by atoms with E-state index in [9.17, 15) is 0 Å². The molecule has 2 heteroatoms. The van der Waals surface area contributed by atoms with Crippen molar-refractivity contribution in [1.82, 2.24) is 0 Å². The Hall–Kier alpha value is -3.65. The number of aliphatic imine (C=N–C) groups is 1.